The van der Waals surface area contributed by atoms with Crippen molar-refractivity contribution in [3.05, 3.63) is 0 Å². The third kappa shape index (κ3) is 6.23. The molecule has 0 amide bonds. The third-order valence-electron chi connectivity index (χ3n) is 6.14. The number of piperidine rings is 1. The number of guanidine groups is 1. The zero-order valence-electron chi connectivity index (χ0n) is 16.8. The van der Waals surface area contributed by atoms with Crippen LogP contribution in [-0.2, 0) is 4.74 Å². The van der Waals surface area contributed by atoms with E-state index in [1.807, 2.05) is 0 Å². The first-order valence-electron chi connectivity index (χ1n) is 10.5. The van der Waals surface area contributed by atoms with Crippen molar-refractivity contribution in [1.29, 1.82) is 0 Å². The Balaban J connectivity index is 0.00000243. The van der Waals surface area contributed by atoms with Gasteiger partial charge in [-0.15, -0.1) is 24.0 Å². The fourth-order valence-electron chi connectivity index (χ4n) is 4.64. The number of unbranched alkanes of at least 4 members (excludes halogenated alkanes) is 1. The summed E-state index contributed by atoms with van der Waals surface area (Å²) in [6, 6.07) is 0. The summed E-state index contributed by atoms with van der Waals surface area (Å²) in [5.74, 6) is 2.01. The topological polar surface area (TPSA) is 40.1 Å². The molecule has 26 heavy (non-hydrogen) atoms. The van der Waals surface area contributed by atoms with Crippen LogP contribution in [0.4, 0.5) is 0 Å². The van der Waals surface area contributed by atoms with Gasteiger partial charge in [-0.05, 0) is 64.5 Å². The Morgan fingerprint density at radius 2 is 2.15 bits per heavy atom. The number of hydrogen-bond acceptors (Lipinski definition) is 3. The van der Waals surface area contributed by atoms with Crippen molar-refractivity contribution in [3.8, 4) is 0 Å². The van der Waals surface area contributed by atoms with Gasteiger partial charge < -0.3 is 19.9 Å². The molecule has 3 aliphatic heterocycles. The number of halogens is 1. The van der Waals surface area contributed by atoms with E-state index in [9.17, 15) is 0 Å². The van der Waals surface area contributed by atoms with Crippen LogP contribution in [0.25, 0.3) is 0 Å². The average Bonchev–Trinajstić information content (AvgIpc) is 3.24. The maximum atomic E-state index is 5.66. The number of rotatable bonds is 6. The molecule has 0 aromatic carbocycles. The maximum absolute atomic E-state index is 5.66. The smallest absolute Gasteiger partial charge is 0.193 e. The highest BCUT2D eigenvalue weighted by Crippen LogP contribution is 2.38. The second kappa shape index (κ2) is 11.1. The Kier molecular flexibility index (Phi) is 9.44. The zero-order valence-corrected chi connectivity index (χ0v) is 19.2. The van der Waals surface area contributed by atoms with Crippen LogP contribution in [0.5, 0.6) is 0 Å². The Morgan fingerprint density at radius 3 is 2.88 bits per heavy atom. The molecule has 1 spiro atoms. The Hall–Kier alpha value is -0.0800. The molecule has 0 radical (unpaired) electrons. The molecule has 3 heterocycles. The highest BCUT2D eigenvalue weighted by atomic mass is 127. The monoisotopic (exact) mass is 478 g/mol. The maximum Gasteiger partial charge on any atom is 0.193 e. The molecule has 152 valence electrons. The van der Waals surface area contributed by atoms with Gasteiger partial charge in [0.2, 0.25) is 0 Å². The van der Waals surface area contributed by atoms with E-state index in [4.69, 9.17) is 9.73 Å². The van der Waals surface area contributed by atoms with Gasteiger partial charge in [0.05, 0.1) is 6.61 Å². The lowest BCUT2D eigenvalue weighted by atomic mass is 9.87. The predicted molar refractivity (Wildman–Crippen MR) is 120 cm³/mol. The molecule has 0 aromatic heterocycles. The van der Waals surface area contributed by atoms with Crippen LogP contribution >= 0.6 is 24.0 Å². The minimum Gasteiger partial charge on any atom is -0.381 e. The molecular formula is C20H39IN4O. The molecule has 5 nitrogen and oxygen atoms in total. The molecule has 6 heteroatoms. The van der Waals surface area contributed by atoms with Crippen molar-refractivity contribution >= 4 is 29.9 Å². The molecular weight excluding hydrogens is 439 g/mol. The molecule has 0 aromatic rings. The molecule has 1 N–H and O–H groups in total. The van der Waals surface area contributed by atoms with Crippen molar-refractivity contribution in [2.45, 2.75) is 52.4 Å². The zero-order chi connectivity index (χ0) is 17.5. The molecule has 0 saturated carbocycles. The Labute approximate surface area is 177 Å². The Morgan fingerprint density at radius 1 is 1.27 bits per heavy atom. The van der Waals surface area contributed by atoms with E-state index in [0.29, 0.717) is 5.41 Å². The van der Waals surface area contributed by atoms with Gasteiger partial charge in [0.15, 0.2) is 5.96 Å². The molecule has 3 saturated heterocycles. The summed E-state index contributed by atoms with van der Waals surface area (Å²) in [4.78, 5) is 10.0. The number of likely N-dealkylation sites (tertiary alicyclic amines) is 2. The first-order chi connectivity index (χ1) is 12.2. The minimum absolute atomic E-state index is 0. The van der Waals surface area contributed by atoms with E-state index in [1.54, 1.807) is 0 Å². The van der Waals surface area contributed by atoms with Crippen LogP contribution in [0.2, 0.25) is 0 Å². The number of aliphatic imine (C=N–C) groups is 1. The summed E-state index contributed by atoms with van der Waals surface area (Å²) < 4.78 is 5.66. The largest absolute Gasteiger partial charge is 0.381 e. The van der Waals surface area contributed by atoms with E-state index in [0.717, 1.165) is 51.3 Å². The van der Waals surface area contributed by atoms with Gasteiger partial charge in [-0.2, -0.15) is 0 Å². The highest BCUT2D eigenvalue weighted by molar-refractivity contribution is 14.0. The van der Waals surface area contributed by atoms with E-state index in [-0.39, 0.29) is 24.0 Å². The van der Waals surface area contributed by atoms with Crippen LogP contribution in [0.15, 0.2) is 4.99 Å². The van der Waals surface area contributed by atoms with Gasteiger partial charge in [0, 0.05) is 44.7 Å². The summed E-state index contributed by atoms with van der Waals surface area (Å²) >= 11 is 0. The second-order valence-electron chi connectivity index (χ2n) is 8.46. The number of nitrogens with one attached hydrogen (secondary N) is 1. The lowest BCUT2D eigenvalue weighted by Gasteiger charge is -2.30. The van der Waals surface area contributed by atoms with Crippen molar-refractivity contribution in [1.82, 2.24) is 15.1 Å². The lowest BCUT2D eigenvalue weighted by molar-refractivity contribution is 0.156. The first kappa shape index (κ1) is 22.2. The third-order valence-corrected chi connectivity index (χ3v) is 6.14. The first-order valence-corrected chi connectivity index (χ1v) is 10.5. The molecule has 3 aliphatic rings. The summed E-state index contributed by atoms with van der Waals surface area (Å²) in [6.45, 7) is 14.4. The molecule has 3 rings (SSSR count). The van der Waals surface area contributed by atoms with Crippen LogP contribution in [0.1, 0.15) is 52.4 Å². The van der Waals surface area contributed by atoms with Gasteiger partial charge in [-0.3, -0.25) is 4.99 Å². The van der Waals surface area contributed by atoms with Gasteiger partial charge in [0.1, 0.15) is 0 Å². The fourth-order valence-corrected chi connectivity index (χ4v) is 4.64. The normalized spacial score (nSPS) is 30.0. The molecule has 2 unspecified atom stereocenters. The Bertz CT molecular complexity index is 440. The summed E-state index contributed by atoms with van der Waals surface area (Å²) in [7, 11) is 0. The van der Waals surface area contributed by atoms with Gasteiger partial charge in [-0.1, -0.05) is 6.92 Å². The SMILES string of the molecule is CCNC(=NCCCCN1CCCC(C)C1)N1CCC2(CCOC2)C1.I. The van der Waals surface area contributed by atoms with Crippen LogP contribution < -0.4 is 5.32 Å². The van der Waals surface area contributed by atoms with Gasteiger partial charge in [0.25, 0.3) is 0 Å². The van der Waals surface area contributed by atoms with Crippen LogP contribution in [0, 0.1) is 11.3 Å². The molecule has 0 aliphatic carbocycles. The quantitative estimate of drug-likeness (QED) is 0.276. The van der Waals surface area contributed by atoms with Crippen molar-refractivity contribution in [2.24, 2.45) is 16.3 Å². The van der Waals surface area contributed by atoms with Gasteiger partial charge >= 0.3 is 0 Å². The van der Waals surface area contributed by atoms with Gasteiger partial charge in [-0.25, -0.2) is 0 Å². The number of hydrogen-bond donors (Lipinski definition) is 1. The second-order valence-corrected chi connectivity index (χ2v) is 8.46. The van der Waals surface area contributed by atoms with Crippen molar-refractivity contribution < 1.29 is 4.74 Å². The standard InChI is InChI=1S/C20H38N4O.HI/c1-3-21-19(24-13-8-20(16-24)9-14-25-17-20)22-10-4-5-11-23-12-6-7-18(2)15-23;/h18H,3-17H2,1-2H3,(H,21,22);1H. The minimum atomic E-state index is 0. The van der Waals surface area contributed by atoms with Crippen LogP contribution in [-0.4, -0.2) is 74.8 Å². The molecule has 0 bridgehead atoms. The number of nitrogens with zero attached hydrogens (tertiary/aromatic N) is 3. The molecule has 3 fully saturated rings. The van der Waals surface area contributed by atoms with E-state index < -0.39 is 0 Å². The van der Waals surface area contributed by atoms with Crippen molar-refractivity contribution in [3.63, 3.8) is 0 Å². The van der Waals surface area contributed by atoms with Crippen LogP contribution in [0.3, 0.4) is 0 Å². The van der Waals surface area contributed by atoms with E-state index >= 15 is 0 Å². The summed E-state index contributed by atoms with van der Waals surface area (Å²) in [5.41, 5.74) is 0.404. The number of ether oxygens (including phenoxy) is 1. The van der Waals surface area contributed by atoms with E-state index in [2.05, 4.69) is 29.0 Å². The summed E-state index contributed by atoms with van der Waals surface area (Å²) in [5, 5.41) is 3.50. The molecule has 2 atom stereocenters. The average molecular weight is 478 g/mol. The lowest BCUT2D eigenvalue weighted by Crippen LogP contribution is -2.41. The summed E-state index contributed by atoms with van der Waals surface area (Å²) in [6.07, 6.45) is 7.73. The van der Waals surface area contributed by atoms with Crippen molar-refractivity contribution in [2.75, 3.05) is 59.0 Å². The van der Waals surface area contributed by atoms with E-state index in [1.165, 1.54) is 58.2 Å². The predicted octanol–water partition coefficient (Wildman–Crippen LogP) is 3.19. The highest BCUT2D eigenvalue weighted by Gasteiger charge is 2.42. The fraction of sp³-hybridized carbons (Fsp3) is 0.950.